The van der Waals surface area contributed by atoms with Crippen molar-refractivity contribution >= 4 is 45.0 Å². The summed E-state index contributed by atoms with van der Waals surface area (Å²) in [5.74, 6) is 0. The number of benzene rings is 1. The minimum absolute atomic E-state index is 0.161. The van der Waals surface area contributed by atoms with Crippen molar-refractivity contribution in [1.29, 1.82) is 0 Å². The van der Waals surface area contributed by atoms with Crippen LogP contribution < -0.4 is 5.56 Å². The number of aromatic nitrogens is 2. The zero-order valence-electron chi connectivity index (χ0n) is 7.29. The monoisotopic (exact) mass is 320 g/mol. The molecule has 0 atom stereocenters. The summed E-state index contributed by atoms with van der Waals surface area (Å²) in [6.07, 6.45) is 1.66. The Hall–Kier alpha value is -0.620. The van der Waals surface area contributed by atoms with Gasteiger partial charge in [0.25, 0.3) is 5.56 Å². The largest absolute Gasteiger partial charge is 0.275 e. The third kappa shape index (κ3) is 1.42. The van der Waals surface area contributed by atoms with Crippen LogP contribution in [0.2, 0.25) is 5.02 Å². The Bertz CT molecular complexity index is 564. The summed E-state index contributed by atoms with van der Waals surface area (Å²) in [7, 11) is 1.61. The molecule has 0 saturated carbocycles. The molecule has 5 heteroatoms. The van der Waals surface area contributed by atoms with Crippen LogP contribution in [0.3, 0.4) is 0 Å². The average molecular weight is 321 g/mol. The molecule has 0 N–H and O–H groups in total. The zero-order chi connectivity index (χ0) is 10.3. The van der Waals surface area contributed by atoms with Crippen LogP contribution >= 0.6 is 34.2 Å². The number of nitrogens with zero attached hydrogens (tertiary/aromatic N) is 2. The molecule has 0 bridgehead atoms. The van der Waals surface area contributed by atoms with Crippen LogP contribution in [0, 0.1) is 3.57 Å². The van der Waals surface area contributed by atoms with Gasteiger partial charge in [0, 0.05) is 16.0 Å². The van der Waals surface area contributed by atoms with E-state index in [9.17, 15) is 4.79 Å². The van der Waals surface area contributed by atoms with E-state index in [1.807, 2.05) is 6.07 Å². The van der Waals surface area contributed by atoms with Crippen LogP contribution in [0.1, 0.15) is 0 Å². The highest BCUT2D eigenvalue weighted by molar-refractivity contribution is 14.1. The van der Waals surface area contributed by atoms with Gasteiger partial charge in [0.05, 0.1) is 16.6 Å². The molecule has 0 aliphatic carbocycles. The molecule has 0 fully saturated rings. The molecule has 2 aromatic rings. The summed E-state index contributed by atoms with van der Waals surface area (Å²) in [6, 6.07) is 3.60. The molecule has 1 heterocycles. The van der Waals surface area contributed by atoms with Gasteiger partial charge in [0.2, 0.25) is 0 Å². The predicted molar refractivity (Wildman–Crippen MR) is 64.7 cm³/mol. The molecule has 1 aromatic heterocycles. The smallest absolute Gasteiger partial charge is 0.267 e. The van der Waals surface area contributed by atoms with Crippen LogP contribution in [0.5, 0.6) is 0 Å². The molecule has 0 saturated heterocycles. The fourth-order valence-corrected chi connectivity index (χ4v) is 2.10. The summed E-state index contributed by atoms with van der Waals surface area (Å²) >= 11 is 8.12. The first-order chi connectivity index (χ1) is 6.61. The van der Waals surface area contributed by atoms with Crippen LogP contribution in [0.15, 0.2) is 23.1 Å². The molecule has 1 aromatic carbocycles. The first-order valence-electron chi connectivity index (χ1n) is 3.91. The number of halogens is 2. The normalized spacial score (nSPS) is 10.8. The molecule has 0 aliphatic heterocycles. The van der Waals surface area contributed by atoms with Crippen LogP contribution in [0.25, 0.3) is 10.8 Å². The van der Waals surface area contributed by atoms with Crippen molar-refractivity contribution in [3.63, 3.8) is 0 Å². The number of aryl methyl sites for hydroxylation is 1. The van der Waals surface area contributed by atoms with Crippen LogP contribution in [-0.2, 0) is 7.05 Å². The van der Waals surface area contributed by atoms with Gasteiger partial charge >= 0.3 is 0 Å². The topological polar surface area (TPSA) is 34.9 Å². The van der Waals surface area contributed by atoms with E-state index in [4.69, 9.17) is 11.6 Å². The lowest BCUT2D eigenvalue weighted by Gasteiger charge is -2.03. The maximum absolute atomic E-state index is 11.7. The fourth-order valence-electron chi connectivity index (χ4n) is 1.27. The number of rotatable bonds is 0. The summed E-state index contributed by atoms with van der Waals surface area (Å²) in [5.41, 5.74) is -0.161. The van der Waals surface area contributed by atoms with Crippen molar-refractivity contribution in [3.8, 4) is 0 Å². The van der Waals surface area contributed by atoms with Gasteiger partial charge in [-0.1, -0.05) is 11.6 Å². The van der Waals surface area contributed by atoms with Crippen molar-refractivity contribution < 1.29 is 0 Å². The highest BCUT2D eigenvalue weighted by Gasteiger charge is 2.08. The quantitative estimate of drug-likeness (QED) is 0.698. The maximum atomic E-state index is 11.7. The Morgan fingerprint density at radius 1 is 1.50 bits per heavy atom. The summed E-state index contributed by atoms with van der Waals surface area (Å²) in [4.78, 5) is 11.7. The van der Waals surface area contributed by atoms with Crippen molar-refractivity contribution in [2.24, 2.45) is 7.05 Å². The summed E-state index contributed by atoms with van der Waals surface area (Å²) < 4.78 is 2.26. The average Bonchev–Trinajstić information content (AvgIpc) is 2.16. The van der Waals surface area contributed by atoms with Crippen molar-refractivity contribution in [3.05, 3.63) is 37.3 Å². The van der Waals surface area contributed by atoms with E-state index >= 15 is 0 Å². The first-order valence-corrected chi connectivity index (χ1v) is 5.37. The van der Waals surface area contributed by atoms with E-state index in [-0.39, 0.29) is 5.56 Å². The highest BCUT2D eigenvalue weighted by Crippen LogP contribution is 2.23. The van der Waals surface area contributed by atoms with Crippen molar-refractivity contribution in [2.75, 3.05) is 0 Å². The second kappa shape index (κ2) is 3.51. The second-order valence-corrected chi connectivity index (χ2v) is 4.46. The molecule has 3 nitrogen and oxygen atoms in total. The van der Waals surface area contributed by atoms with Gasteiger partial charge in [0.15, 0.2) is 0 Å². The lowest BCUT2D eigenvalue weighted by molar-refractivity contribution is 0.718. The van der Waals surface area contributed by atoms with Gasteiger partial charge in [-0.25, -0.2) is 4.68 Å². The van der Waals surface area contributed by atoms with Crippen LogP contribution in [0.4, 0.5) is 0 Å². The van der Waals surface area contributed by atoms with E-state index < -0.39 is 0 Å². The second-order valence-electron chi connectivity index (χ2n) is 2.89. The van der Waals surface area contributed by atoms with E-state index in [0.29, 0.717) is 10.4 Å². The lowest BCUT2D eigenvalue weighted by Crippen LogP contribution is -2.19. The predicted octanol–water partition coefficient (Wildman–Crippen LogP) is 2.19. The van der Waals surface area contributed by atoms with Gasteiger partial charge in [-0.2, -0.15) is 5.10 Å². The highest BCUT2D eigenvalue weighted by atomic mass is 127. The van der Waals surface area contributed by atoms with Gasteiger partial charge in [-0.15, -0.1) is 0 Å². The standard InChI is InChI=1S/C9H6ClIN2O/c1-13-9(14)8-5(4-12-13)7(11)3-2-6(8)10/h2-4H,1H3. The Kier molecular flexibility index (Phi) is 2.48. The minimum atomic E-state index is -0.161. The van der Waals surface area contributed by atoms with Gasteiger partial charge < -0.3 is 0 Å². The molecule has 14 heavy (non-hydrogen) atoms. The Labute approximate surface area is 98.8 Å². The van der Waals surface area contributed by atoms with E-state index in [2.05, 4.69) is 27.7 Å². The third-order valence-corrected chi connectivity index (χ3v) is 3.26. The number of hydrogen-bond acceptors (Lipinski definition) is 2. The Morgan fingerprint density at radius 3 is 2.93 bits per heavy atom. The fraction of sp³-hybridized carbons (Fsp3) is 0.111. The number of hydrogen-bond donors (Lipinski definition) is 0. The zero-order valence-corrected chi connectivity index (χ0v) is 10.2. The molecular weight excluding hydrogens is 314 g/mol. The summed E-state index contributed by atoms with van der Waals surface area (Å²) in [6.45, 7) is 0. The van der Waals surface area contributed by atoms with Crippen molar-refractivity contribution in [2.45, 2.75) is 0 Å². The van der Waals surface area contributed by atoms with E-state index in [0.717, 1.165) is 8.96 Å². The maximum Gasteiger partial charge on any atom is 0.275 e. The molecule has 0 radical (unpaired) electrons. The lowest BCUT2D eigenvalue weighted by atomic mass is 10.2. The van der Waals surface area contributed by atoms with Gasteiger partial charge in [-0.05, 0) is 34.7 Å². The Morgan fingerprint density at radius 2 is 2.21 bits per heavy atom. The number of fused-ring (bicyclic) bond motifs is 1. The van der Waals surface area contributed by atoms with Gasteiger partial charge in [-0.3, -0.25) is 4.79 Å². The Balaban J connectivity index is 3.09. The molecule has 0 spiro atoms. The minimum Gasteiger partial charge on any atom is -0.267 e. The van der Waals surface area contributed by atoms with Gasteiger partial charge in [0.1, 0.15) is 0 Å². The molecule has 2 rings (SSSR count). The van der Waals surface area contributed by atoms with Crippen LogP contribution in [-0.4, -0.2) is 9.78 Å². The molecule has 0 amide bonds. The molecule has 0 aliphatic rings. The SMILES string of the molecule is Cn1ncc2c(I)ccc(Cl)c2c1=O. The first kappa shape index (κ1) is 9.92. The third-order valence-electron chi connectivity index (χ3n) is 2.01. The van der Waals surface area contributed by atoms with E-state index in [1.54, 1.807) is 19.3 Å². The van der Waals surface area contributed by atoms with Crippen molar-refractivity contribution in [1.82, 2.24) is 9.78 Å². The molecule has 72 valence electrons. The molecule has 0 unspecified atom stereocenters. The van der Waals surface area contributed by atoms with E-state index in [1.165, 1.54) is 4.68 Å². The molecular formula is C9H6ClIN2O. The summed E-state index contributed by atoms with van der Waals surface area (Å²) in [5, 5.41) is 5.77.